The number of rotatable bonds is 6. The second kappa shape index (κ2) is 7.49. The van der Waals surface area contributed by atoms with Crippen LogP contribution in [0.15, 0.2) is 16.5 Å². The highest BCUT2D eigenvalue weighted by Crippen LogP contribution is 2.28. The first kappa shape index (κ1) is 17.2. The number of furan rings is 1. The molecule has 1 fully saturated rings. The first-order chi connectivity index (χ1) is 11.6. The molecule has 2 aromatic heterocycles. The maximum atomic E-state index is 5.70. The van der Waals surface area contributed by atoms with Crippen LogP contribution >= 0.6 is 0 Å². The molecule has 0 aromatic carbocycles. The van der Waals surface area contributed by atoms with Crippen LogP contribution in [0.25, 0.3) is 0 Å². The zero-order valence-electron chi connectivity index (χ0n) is 15.3. The second-order valence-electron chi connectivity index (χ2n) is 7.02. The molecule has 6 nitrogen and oxygen atoms in total. The van der Waals surface area contributed by atoms with E-state index in [1.165, 1.54) is 5.82 Å². The van der Waals surface area contributed by atoms with Gasteiger partial charge < -0.3 is 13.9 Å². The average Bonchev–Trinajstić information content (AvgIpc) is 3.13. The third-order valence-electron chi connectivity index (χ3n) is 4.76. The smallest absolute Gasteiger partial charge is 0.147 e. The summed E-state index contributed by atoms with van der Waals surface area (Å²) in [4.78, 5) is 4.62. The molecule has 1 saturated heterocycles. The summed E-state index contributed by atoms with van der Waals surface area (Å²) in [5.74, 6) is 4.82. The summed E-state index contributed by atoms with van der Waals surface area (Å²) in [7, 11) is 4.15. The van der Waals surface area contributed by atoms with Crippen LogP contribution in [0.5, 0.6) is 0 Å². The molecule has 0 atom stereocenters. The van der Waals surface area contributed by atoms with Crippen molar-refractivity contribution >= 4 is 0 Å². The van der Waals surface area contributed by atoms with Crippen molar-refractivity contribution in [3.63, 3.8) is 0 Å². The standard InChI is InChI=1S/C18H29N5O/c1-5-23-17(13-21(3)4)19-20-18(23)15-8-10-22(11-9-15)12-16-7-6-14(2)24-16/h6-7,15H,5,8-13H2,1-4H3. The lowest BCUT2D eigenvalue weighted by Crippen LogP contribution is -2.33. The summed E-state index contributed by atoms with van der Waals surface area (Å²) in [5, 5.41) is 8.96. The molecule has 3 heterocycles. The monoisotopic (exact) mass is 331 g/mol. The van der Waals surface area contributed by atoms with Crippen LogP contribution in [-0.2, 0) is 19.6 Å². The number of aromatic nitrogens is 3. The Labute approximate surface area is 144 Å². The molecule has 2 aromatic rings. The lowest BCUT2D eigenvalue weighted by molar-refractivity contribution is 0.186. The molecular weight excluding hydrogens is 302 g/mol. The molecule has 0 amide bonds. The third kappa shape index (κ3) is 3.87. The topological polar surface area (TPSA) is 50.3 Å². The van der Waals surface area contributed by atoms with E-state index in [0.717, 1.165) is 62.9 Å². The molecule has 6 heteroatoms. The van der Waals surface area contributed by atoms with Crippen molar-refractivity contribution in [3.8, 4) is 0 Å². The molecule has 1 aliphatic rings. The van der Waals surface area contributed by atoms with Gasteiger partial charge in [-0.1, -0.05) is 0 Å². The van der Waals surface area contributed by atoms with E-state index in [0.29, 0.717) is 5.92 Å². The van der Waals surface area contributed by atoms with Crippen LogP contribution in [-0.4, -0.2) is 51.7 Å². The van der Waals surface area contributed by atoms with E-state index in [1.807, 2.05) is 13.0 Å². The fraction of sp³-hybridized carbons (Fsp3) is 0.667. The summed E-state index contributed by atoms with van der Waals surface area (Å²) < 4.78 is 8.00. The summed E-state index contributed by atoms with van der Waals surface area (Å²) in [6.07, 6.45) is 2.28. The molecule has 0 N–H and O–H groups in total. The molecule has 132 valence electrons. The van der Waals surface area contributed by atoms with Crippen molar-refractivity contribution in [2.45, 2.75) is 52.2 Å². The Morgan fingerprint density at radius 1 is 1.21 bits per heavy atom. The summed E-state index contributed by atoms with van der Waals surface area (Å²) >= 11 is 0. The largest absolute Gasteiger partial charge is 0.465 e. The zero-order chi connectivity index (χ0) is 17.1. The highest BCUT2D eigenvalue weighted by molar-refractivity contribution is 5.07. The van der Waals surface area contributed by atoms with Gasteiger partial charge in [-0.2, -0.15) is 0 Å². The Morgan fingerprint density at radius 3 is 2.54 bits per heavy atom. The van der Waals surface area contributed by atoms with Gasteiger partial charge in [-0.25, -0.2) is 0 Å². The molecule has 1 aliphatic heterocycles. The SMILES string of the molecule is CCn1c(CN(C)C)nnc1C1CCN(Cc2ccc(C)o2)CC1. The van der Waals surface area contributed by atoms with Crippen LogP contribution in [0.3, 0.4) is 0 Å². The van der Waals surface area contributed by atoms with Crippen molar-refractivity contribution in [3.05, 3.63) is 35.3 Å². The van der Waals surface area contributed by atoms with E-state index >= 15 is 0 Å². The first-order valence-corrected chi connectivity index (χ1v) is 8.91. The molecular formula is C18H29N5O. The minimum Gasteiger partial charge on any atom is -0.465 e. The number of hydrogen-bond acceptors (Lipinski definition) is 5. The van der Waals surface area contributed by atoms with Crippen molar-refractivity contribution < 1.29 is 4.42 Å². The number of hydrogen-bond donors (Lipinski definition) is 0. The summed E-state index contributed by atoms with van der Waals surface area (Å²) in [6.45, 7) is 9.05. The van der Waals surface area contributed by atoms with Gasteiger partial charge in [0.15, 0.2) is 0 Å². The Morgan fingerprint density at radius 2 is 1.96 bits per heavy atom. The lowest BCUT2D eigenvalue weighted by atomic mass is 9.95. The van der Waals surface area contributed by atoms with E-state index in [2.05, 4.69) is 51.6 Å². The third-order valence-corrected chi connectivity index (χ3v) is 4.76. The quantitative estimate of drug-likeness (QED) is 0.814. The van der Waals surface area contributed by atoms with E-state index in [9.17, 15) is 0 Å². The van der Waals surface area contributed by atoms with Gasteiger partial charge in [0, 0.05) is 12.5 Å². The highest BCUT2D eigenvalue weighted by atomic mass is 16.3. The molecule has 0 spiro atoms. The van der Waals surface area contributed by atoms with Crippen LogP contribution < -0.4 is 0 Å². The molecule has 0 aliphatic carbocycles. The number of piperidine rings is 1. The molecule has 0 radical (unpaired) electrons. The number of likely N-dealkylation sites (tertiary alicyclic amines) is 1. The Kier molecular flexibility index (Phi) is 5.36. The normalized spacial score (nSPS) is 17.0. The van der Waals surface area contributed by atoms with Crippen LogP contribution in [0.4, 0.5) is 0 Å². The fourth-order valence-corrected chi connectivity index (χ4v) is 3.54. The van der Waals surface area contributed by atoms with Gasteiger partial charge in [-0.3, -0.25) is 4.90 Å². The highest BCUT2D eigenvalue weighted by Gasteiger charge is 2.26. The Balaban J connectivity index is 1.61. The molecule has 0 unspecified atom stereocenters. The molecule has 24 heavy (non-hydrogen) atoms. The van der Waals surface area contributed by atoms with Crippen molar-refractivity contribution in [2.75, 3.05) is 27.2 Å². The second-order valence-corrected chi connectivity index (χ2v) is 7.02. The average molecular weight is 331 g/mol. The maximum Gasteiger partial charge on any atom is 0.147 e. The van der Waals surface area contributed by atoms with Gasteiger partial charge >= 0.3 is 0 Å². The van der Waals surface area contributed by atoms with Crippen molar-refractivity contribution in [2.24, 2.45) is 0 Å². The minimum atomic E-state index is 0.517. The van der Waals surface area contributed by atoms with Crippen molar-refractivity contribution in [1.29, 1.82) is 0 Å². The minimum absolute atomic E-state index is 0.517. The van der Waals surface area contributed by atoms with Crippen LogP contribution in [0.1, 0.15) is 48.9 Å². The van der Waals surface area contributed by atoms with Crippen LogP contribution in [0, 0.1) is 6.92 Å². The van der Waals surface area contributed by atoms with Gasteiger partial charge in [0.25, 0.3) is 0 Å². The van der Waals surface area contributed by atoms with Gasteiger partial charge in [-0.15, -0.1) is 10.2 Å². The van der Waals surface area contributed by atoms with Gasteiger partial charge in [0.2, 0.25) is 0 Å². The Bertz CT molecular complexity index is 652. The van der Waals surface area contributed by atoms with Crippen molar-refractivity contribution in [1.82, 2.24) is 24.6 Å². The first-order valence-electron chi connectivity index (χ1n) is 8.91. The zero-order valence-corrected chi connectivity index (χ0v) is 15.3. The Hall–Kier alpha value is -1.66. The molecule has 3 rings (SSSR count). The van der Waals surface area contributed by atoms with E-state index in [-0.39, 0.29) is 0 Å². The summed E-state index contributed by atoms with van der Waals surface area (Å²) in [6, 6.07) is 4.13. The summed E-state index contributed by atoms with van der Waals surface area (Å²) in [5.41, 5.74) is 0. The predicted molar refractivity (Wildman–Crippen MR) is 93.8 cm³/mol. The lowest BCUT2D eigenvalue weighted by Gasteiger charge is -2.31. The van der Waals surface area contributed by atoms with E-state index < -0.39 is 0 Å². The number of nitrogens with zero attached hydrogens (tertiary/aromatic N) is 5. The van der Waals surface area contributed by atoms with E-state index in [4.69, 9.17) is 4.42 Å². The fourth-order valence-electron chi connectivity index (χ4n) is 3.54. The van der Waals surface area contributed by atoms with Gasteiger partial charge in [0.1, 0.15) is 23.2 Å². The van der Waals surface area contributed by atoms with Gasteiger partial charge in [-0.05, 0) is 66.0 Å². The van der Waals surface area contributed by atoms with Crippen LogP contribution in [0.2, 0.25) is 0 Å². The predicted octanol–water partition coefficient (Wildman–Crippen LogP) is 2.64. The van der Waals surface area contributed by atoms with E-state index in [1.54, 1.807) is 0 Å². The number of aryl methyl sites for hydroxylation is 1. The molecule has 0 saturated carbocycles. The van der Waals surface area contributed by atoms with Gasteiger partial charge in [0.05, 0.1) is 13.1 Å². The molecule has 0 bridgehead atoms. The maximum absolute atomic E-state index is 5.70.